The van der Waals surface area contributed by atoms with E-state index in [9.17, 15) is 13.2 Å². The Labute approximate surface area is 138 Å². The molecule has 0 aliphatic heterocycles. The summed E-state index contributed by atoms with van der Waals surface area (Å²) >= 11 is 11.8. The Bertz CT molecular complexity index is 803. The summed E-state index contributed by atoms with van der Waals surface area (Å²) in [6.45, 7) is 2.53. The maximum absolute atomic E-state index is 12.1. The van der Waals surface area contributed by atoms with Crippen molar-refractivity contribution in [3.63, 3.8) is 0 Å². The van der Waals surface area contributed by atoms with Crippen molar-refractivity contribution in [2.24, 2.45) is 0 Å². The number of amides is 1. The van der Waals surface area contributed by atoms with E-state index in [2.05, 4.69) is 4.98 Å². The Morgan fingerprint density at radius 3 is 2.73 bits per heavy atom. The van der Waals surface area contributed by atoms with Gasteiger partial charge in [-0.25, -0.2) is 18.1 Å². The molecule has 0 radical (unpaired) electrons. The Balaban J connectivity index is 2.25. The Hall–Kier alpha value is -1.57. The van der Waals surface area contributed by atoms with Gasteiger partial charge in [0.15, 0.2) is 5.69 Å². The summed E-state index contributed by atoms with van der Waals surface area (Å²) in [6.07, 6.45) is 2.20. The minimum atomic E-state index is -4.04. The Morgan fingerprint density at radius 1 is 1.36 bits per heavy atom. The van der Waals surface area contributed by atoms with Crippen LogP contribution in [-0.2, 0) is 16.6 Å². The van der Waals surface area contributed by atoms with Crippen LogP contribution in [0.3, 0.4) is 0 Å². The molecular weight excluding hydrogens is 349 g/mol. The van der Waals surface area contributed by atoms with E-state index in [4.69, 9.17) is 23.2 Å². The van der Waals surface area contributed by atoms with Crippen LogP contribution in [0.5, 0.6) is 0 Å². The van der Waals surface area contributed by atoms with Gasteiger partial charge in [-0.3, -0.25) is 4.79 Å². The molecule has 118 valence electrons. The van der Waals surface area contributed by atoms with Gasteiger partial charge in [-0.05, 0) is 24.6 Å². The normalized spacial score (nSPS) is 11.4. The minimum Gasteiger partial charge on any atom is -0.321 e. The highest BCUT2D eigenvalue weighted by molar-refractivity contribution is 7.90. The van der Waals surface area contributed by atoms with Gasteiger partial charge >= 0.3 is 0 Å². The fraction of sp³-hybridized carbons (Fsp3) is 0.231. The number of rotatable bonds is 5. The molecule has 1 amide bonds. The first-order chi connectivity index (χ1) is 10.3. The number of hydrogen-bond donors (Lipinski definition) is 1. The second-order valence-corrected chi connectivity index (χ2v) is 6.95. The molecule has 0 saturated heterocycles. The van der Waals surface area contributed by atoms with Gasteiger partial charge in [0.2, 0.25) is 0 Å². The van der Waals surface area contributed by atoms with E-state index in [-0.39, 0.29) is 20.8 Å². The van der Waals surface area contributed by atoms with E-state index in [0.29, 0.717) is 6.54 Å². The van der Waals surface area contributed by atoms with Gasteiger partial charge in [-0.2, -0.15) is 0 Å². The highest BCUT2D eigenvalue weighted by atomic mass is 35.5. The molecule has 0 saturated carbocycles. The van der Waals surface area contributed by atoms with Gasteiger partial charge in [0.05, 0.1) is 11.2 Å². The highest BCUT2D eigenvalue weighted by Gasteiger charge is 2.23. The van der Waals surface area contributed by atoms with E-state index in [1.165, 1.54) is 30.6 Å². The van der Waals surface area contributed by atoms with Crippen molar-refractivity contribution in [3.8, 4) is 0 Å². The fourth-order valence-corrected chi connectivity index (χ4v) is 3.30. The monoisotopic (exact) mass is 361 g/mol. The number of nitrogens with zero attached hydrogens (tertiary/aromatic N) is 2. The predicted molar refractivity (Wildman–Crippen MR) is 83.6 cm³/mol. The maximum atomic E-state index is 12.1. The zero-order valence-corrected chi connectivity index (χ0v) is 13.9. The summed E-state index contributed by atoms with van der Waals surface area (Å²) in [7, 11) is -4.04. The zero-order valence-electron chi connectivity index (χ0n) is 11.6. The summed E-state index contributed by atoms with van der Waals surface area (Å²) in [5.41, 5.74) is -0.138. The van der Waals surface area contributed by atoms with Crippen molar-refractivity contribution in [1.82, 2.24) is 14.3 Å². The van der Waals surface area contributed by atoms with Crippen molar-refractivity contribution >= 4 is 39.1 Å². The van der Waals surface area contributed by atoms with Gasteiger partial charge in [-0.15, -0.1) is 0 Å². The van der Waals surface area contributed by atoms with Gasteiger partial charge in [0, 0.05) is 11.6 Å². The SMILES string of the molecule is CCCn1cnc(C(=O)NS(=O)(=O)c2cccc(Cl)c2)c1Cl. The average molecular weight is 362 g/mol. The van der Waals surface area contributed by atoms with Gasteiger partial charge in [0.1, 0.15) is 5.15 Å². The fourth-order valence-electron chi connectivity index (χ4n) is 1.78. The lowest BCUT2D eigenvalue weighted by Crippen LogP contribution is -2.31. The van der Waals surface area contributed by atoms with E-state index in [1.807, 2.05) is 11.6 Å². The Kier molecular flexibility index (Phi) is 5.10. The molecule has 1 aromatic carbocycles. The molecule has 0 aliphatic carbocycles. The van der Waals surface area contributed by atoms with Crippen LogP contribution < -0.4 is 4.72 Å². The van der Waals surface area contributed by atoms with Crippen LogP contribution >= 0.6 is 23.2 Å². The third-order valence-corrected chi connectivity index (χ3v) is 4.75. The second kappa shape index (κ2) is 6.68. The first kappa shape index (κ1) is 16.8. The highest BCUT2D eigenvalue weighted by Crippen LogP contribution is 2.18. The molecule has 1 N–H and O–H groups in total. The van der Waals surface area contributed by atoms with E-state index < -0.39 is 15.9 Å². The van der Waals surface area contributed by atoms with Crippen LogP contribution in [0, 0.1) is 0 Å². The smallest absolute Gasteiger partial charge is 0.286 e. The number of benzene rings is 1. The lowest BCUT2D eigenvalue weighted by atomic mass is 10.4. The molecule has 9 heteroatoms. The van der Waals surface area contributed by atoms with E-state index in [0.717, 1.165) is 6.42 Å². The topological polar surface area (TPSA) is 81.1 Å². The van der Waals surface area contributed by atoms with Crippen LogP contribution in [0.2, 0.25) is 10.2 Å². The summed E-state index contributed by atoms with van der Waals surface area (Å²) in [5, 5.41) is 0.348. The molecule has 0 spiro atoms. The van der Waals surface area contributed by atoms with Crippen LogP contribution in [0.1, 0.15) is 23.8 Å². The molecule has 0 unspecified atom stereocenters. The summed E-state index contributed by atoms with van der Waals surface area (Å²) < 4.78 is 27.8. The van der Waals surface area contributed by atoms with Gasteiger partial charge in [-0.1, -0.05) is 36.2 Å². The van der Waals surface area contributed by atoms with Gasteiger partial charge in [0.25, 0.3) is 15.9 Å². The first-order valence-electron chi connectivity index (χ1n) is 6.38. The lowest BCUT2D eigenvalue weighted by molar-refractivity contribution is 0.0977. The number of aromatic nitrogens is 2. The number of carbonyl (C=O) groups is 1. The average Bonchev–Trinajstić information content (AvgIpc) is 2.80. The molecular formula is C13H13Cl2N3O3S. The standard InChI is InChI=1S/C13H13Cl2N3O3S/c1-2-6-18-8-16-11(12(18)15)13(19)17-22(20,21)10-5-3-4-9(14)7-10/h3-5,7-8H,2,6H2,1H3,(H,17,19). The number of imidazole rings is 1. The number of hydrogen-bond acceptors (Lipinski definition) is 4. The number of carbonyl (C=O) groups excluding carboxylic acids is 1. The minimum absolute atomic E-state index is 0.0978. The molecule has 22 heavy (non-hydrogen) atoms. The number of halogens is 2. The number of sulfonamides is 1. The molecule has 0 aliphatic rings. The van der Waals surface area contributed by atoms with Crippen LogP contribution in [-0.4, -0.2) is 23.9 Å². The van der Waals surface area contributed by atoms with Crippen LogP contribution in [0.15, 0.2) is 35.5 Å². The molecule has 1 aromatic heterocycles. The predicted octanol–water partition coefficient (Wildman–Crippen LogP) is 2.72. The van der Waals surface area contributed by atoms with Crippen molar-refractivity contribution in [2.45, 2.75) is 24.8 Å². The van der Waals surface area contributed by atoms with E-state index >= 15 is 0 Å². The van der Waals surface area contributed by atoms with E-state index in [1.54, 1.807) is 4.57 Å². The summed E-state index contributed by atoms with van der Waals surface area (Å²) in [6, 6.07) is 5.59. The summed E-state index contributed by atoms with van der Waals surface area (Å²) in [5.74, 6) is -0.889. The molecule has 2 aromatic rings. The Morgan fingerprint density at radius 2 is 2.09 bits per heavy atom. The van der Waals surface area contributed by atoms with Crippen molar-refractivity contribution in [3.05, 3.63) is 46.5 Å². The molecule has 0 fully saturated rings. The summed E-state index contributed by atoms with van der Waals surface area (Å²) in [4.78, 5) is 15.8. The van der Waals surface area contributed by atoms with Crippen molar-refractivity contribution in [2.75, 3.05) is 0 Å². The zero-order chi connectivity index (χ0) is 16.3. The molecule has 6 nitrogen and oxygen atoms in total. The van der Waals surface area contributed by atoms with Gasteiger partial charge < -0.3 is 4.57 Å². The maximum Gasteiger partial charge on any atom is 0.286 e. The lowest BCUT2D eigenvalue weighted by Gasteiger charge is -2.06. The second-order valence-electron chi connectivity index (χ2n) is 4.47. The third kappa shape index (κ3) is 3.60. The number of nitrogens with one attached hydrogen (secondary N) is 1. The van der Waals surface area contributed by atoms with Crippen molar-refractivity contribution in [1.29, 1.82) is 0 Å². The third-order valence-electron chi connectivity index (χ3n) is 2.79. The molecule has 1 heterocycles. The van der Waals surface area contributed by atoms with Crippen molar-refractivity contribution < 1.29 is 13.2 Å². The number of aryl methyl sites for hydroxylation is 1. The molecule has 2 rings (SSSR count). The van der Waals surface area contributed by atoms with Crippen LogP contribution in [0.4, 0.5) is 0 Å². The van der Waals surface area contributed by atoms with Crippen LogP contribution in [0.25, 0.3) is 0 Å². The quantitative estimate of drug-likeness (QED) is 0.887. The molecule has 0 atom stereocenters. The largest absolute Gasteiger partial charge is 0.321 e. The molecule has 0 bridgehead atoms. The first-order valence-corrected chi connectivity index (χ1v) is 8.62.